The van der Waals surface area contributed by atoms with Crippen molar-refractivity contribution in [2.75, 3.05) is 19.5 Å². The van der Waals surface area contributed by atoms with E-state index >= 15 is 0 Å². The van der Waals surface area contributed by atoms with Gasteiger partial charge < -0.3 is 14.8 Å². The fraction of sp³-hybridized carbons (Fsp3) is 0.150. The zero-order valence-electron chi connectivity index (χ0n) is 15.4. The van der Waals surface area contributed by atoms with Crippen molar-refractivity contribution >= 4 is 23.2 Å². The number of rotatable bonds is 5. The van der Waals surface area contributed by atoms with Crippen molar-refractivity contribution in [3.8, 4) is 22.9 Å². The first-order valence-electron chi connectivity index (χ1n) is 8.25. The zero-order valence-corrected chi connectivity index (χ0v) is 16.2. The van der Waals surface area contributed by atoms with Crippen molar-refractivity contribution in [3.05, 3.63) is 64.7 Å². The Morgan fingerprint density at radius 2 is 1.79 bits per heavy atom. The van der Waals surface area contributed by atoms with Gasteiger partial charge in [0.2, 0.25) is 0 Å². The molecule has 0 saturated heterocycles. The Morgan fingerprint density at radius 1 is 1.11 bits per heavy atom. The molecule has 0 atom stereocenters. The van der Waals surface area contributed by atoms with Gasteiger partial charge in [-0.2, -0.15) is 0 Å². The number of hydrogen-bond acceptors (Lipinski definition) is 5. The summed E-state index contributed by atoms with van der Waals surface area (Å²) < 4.78 is 23.5. The van der Waals surface area contributed by atoms with E-state index < -0.39 is 5.91 Å². The molecule has 0 aliphatic heterocycles. The molecular formula is C20H17ClFN3O3. The number of nitrogens with one attached hydrogen (secondary N) is 1. The van der Waals surface area contributed by atoms with E-state index in [2.05, 4.69) is 15.3 Å². The molecule has 28 heavy (non-hydrogen) atoms. The molecule has 0 aliphatic rings. The first-order valence-corrected chi connectivity index (χ1v) is 8.63. The van der Waals surface area contributed by atoms with Crippen LogP contribution in [-0.2, 0) is 0 Å². The average Bonchev–Trinajstić information content (AvgIpc) is 2.69. The molecule has 0 bridgehead atoms. The minimum absolute atomic E-state index is 0.293. The monoisotopic (exact) mass is 401 g/mol. The maximum absolute atomic E-state index is 13.1. The van der Waals surface area contributed by atoms with Crippen LogP contribution in [0.2, 0.25) is 5.02 Å². The first kappa shape index (κ1) is 19.6. The summed E-state index contributed by atoms with van der Waals surface area (Å²) in [7, 11) is 2.95. The van der Waals surface area contributed by atoms with Gasteiger partial charge in [0.25, 0.3) is 5.91 Å². The summed E-state index contributed by atoms with van der Waals surface area (Å²) >= 11 is 6.08. The highest BCUT2D eigenvalue weighted by molar-refractivity contribution is 6.32. The van der Waals surface area contributed by atoms with Crippen LogP contribution < -0.4 is 14.8 Å². The lowest BCUT2D eigenvalue weighted by atomic mass is 10.1. The molecule has 3 rings (SSSR count). The Kier molecular flexibility index (Phi) is 5.75. The van der Waals surface area contributed by atoms with E-state index in [4.69, 9.17) is 21.1 Å². The summed E-state index contributed by atoms with van der Waals surface area (Å²) in [5.74, 6) is 0.437. The molecule has 1 amide bonds. The molecule has 144 valence electrons. The highest BCUT2D eigenvalue weighted by Gasteiger charge is 2.17. The maximum atomic E-state index is 13.1. The lowest BCUT2D eigenvalue weighted by Gasteiger charge is -2.14. The van der Waals surface area contributed by atoms with Gasteiger partial charge in [0.15, 0.2) is 5.82 Å². The van der Waals surface area contributed by atoms with Gasteiger partial charge in [0.05, 0.1) is 36.2 Å². The molecule has 2 aromatic carbocycles. The van der Waals surface area contributed by atoms with Crippen molar-refractivity contribution in [2.24, 2.45) is 0 Å². The summed E-state index contributed by atoms with van der Waals surface area (Å²) in [5.41, 5.74) is 1.82. The van der Waals surface area contributed by atoms with Crippen LogP contribution in [0.25, 0.3) is 11.4 Å². The molecule has 6 nitrogen and oxygen atoms in total. The van der Waals surface area contributed by atoms with Crippen LogP contribution in [0.1, 0.15) is 16.1 Å². The van der Waals surface area contributed by atoms with E-state index in [-0.39, 0.29) is 5.82 Å². The highest BCUT2D eigenvalue weighted by atomic mass is 35.5. The molecule has 1 N–H and O–H groups in total. The van der Waals surface area contributed by atoms with Crippen LogP contribution >= 0.6 is 11.6 Å². The number of halogens is 2. The molecule has 0 saturated carbocycles. The number of hydrogen-bond donors (Lipinski definition) is 1. The van der Waals surface area contributed by atoms with Crippen molar-refractivity contribution in [2.45, 2.75) is 6.92 Å². The van der Waals surface area contributed by atoms with E-state index in [0.717, 1.165) is 0 Å². The predicted octanol–water partition coefficient (Wildman–Crippen LogP) is 4.51. The number of amides is 1. The summed E-state index contributed by atoms with van der Waals surface area (Å²) in [6, 6.07) is 8.94. The second kappa shape index (κ2) is 8.22. The van der Waals surface area contributed by atoms with Crippen molar-refractivity contribution in [3.63, 3.8) is 0 Å². The largest absolute Gasteiger partial charge is 0.495 e. The predicted molar refractivity (Wildman–Crippen MR) is 105 cm³/mol. The van der Waals surface area contributed by atoms with E-state index in [9.17, 15) is 9.18 Å². The number of carbonyl (C=O) groups excluding carboxylic acids is 1. The van der Waals surface area contributed by atoms with Crippen molar-refractivity contribution < 1.29 is 18.7 Å². The number of nitrogens with zero attached hydrogens (tertiary/aromatic N) is 2. The number of aryl methyl sites for hydroxylation is 1. The minimum Gasteiger partial charge on any atom is -0.495 e. The van der Waals surface area contributed by atoms with E-state index in [0.29, 0.717) is 44.9 Å². The van der Waals surface area contributed by atoms with Gasteiger partial charge in [-0.15, -0.1) is 0 Å². The van der Waals surface area contributed by atoms with Crippen LogP contribution in [0.5, 0.6) is 11.5 Å². The summed E-state index contributed by atoms with van der Waals surface area (Å²) in [6.45, 7) is 1.70. The summed E-state index contributed by atoms with van der Waals surface area (Å²) in [4.78, 5) is 21.3. The highest BCUT2D eigenvalue weighted by Crippen LogP contribution is 2.36. The third-order valence-corrected chi connectivity index (χ3v) is 4.34. The third-order valence-electron chi connectivity index (χ3n) is 4.05. The van der Waals surface area contributed by atoms with Gasteiger partial charge in [-0.05, 0) is 31.2 Å². The molecular weight excluding hydrogens is 385 g/mol. The van der Waals surface area contributed by atoms with Gasteiger partial charge in [0, 0.05) is 23.9 Å². The van der Waals surface area contributed by atoms with Crippen LogP contribution in [-0.4, -0.2) is 30.1 Å². The lowest BCUT2D eigenvalue weighted by molar-refractivity contribution is 0.102. The number of ether oxygens (including phenoxy) is 2. The normalized spacial score (nSPS) is 10.5. The quantitative estimate of drug-likeness (QED) is 0.680. The van der Waals surface area contributed by atoms with Crippen LogP contribution in [0.4, 0.5) is 10.1 Å². The maximum Gasteiger partial charge on any atom is 0.259 e. The smallest absolute Gasteiger partial charge is 0.259 e. The molecule has 0 unspecified atom stereocenters. The summed E-state index contributed by atoms with van der Waals surface area (Å²) in [5, 5.41) is 3.12. The second-order valence-corrected chi connectivity index (χ2v) is 6.25. The number of carbonyl (C=O) groups is 1. The van der Waals surface area contributed by atoms with Gasteiger partial charge >= 0.3 is 0 Å². The topological polar surface area (TPSA) is 73.3 Å². The molecule has 3 aromatic rings. The van der Waals surface area contributed by atoms with Gasteiger partial charge in [-0.3, -0.25) is 4.79 Å². The Hall–Kier alpha value is -3.19. The Balaban J connectivity index is 1.88. The molecule has 0 spiro atoms. The Morgan fingerprint density at radius 3 is 2.39 bits per heavy atom. The average molecular weight is 402 g/mol. The number of aromatic nitrogens is 2. The first-order chi connectivity index (χ1) is 13.4. The zero-order chi connectivity index (χ0) is 20.3. The third kappa shape index (κ3) is 4.04. The molecule has 0 radical (unpaired) electrons. The Labute approximate surface area is 166 Å². The van der Waals surface area contributed by atoms with E-state index in [1.54, 1.807) is 31.2 Å². The van der Waals surface area contributed by atoms with Gasteiger partial charge in [-0.1, -0.05) is 11.6 Å². The van der Waals surface area contributed by atoms with Crippen LogP contribution in [0, 0.1) is 12.7 Å². The van der Waals surface area contributed by atoms with Crippen LogP contribution in [0.3, 0.4) is 0 Å². The SMILES string of the molecule is COc1cc(NC(=O)c2cnc(-c3ccc(F)cc3)nc2C)c(OC)cc1Cl. The molecule has 1 heterocycles. The fourth-order valence-corrected chi connectivity index (χ4v) is 2.81. The standard InChI is InChI=1S/C20H17ClFN3O3/c1-11-14(10-23-19(24-11)12-4-6-13(22)7-5-12)20(26)25-16-9-17(27-2)15(21)8-18(16)28-3/h4-10H,1-3H3,(H,25,26). The molecule has 0 aliphatic carbocycles. The van der Waals surface area contributed by atoms with E-state index in [1.807, 2.05) is 0 Å². The second-order valence-electron chi connectivity index (χ2n) is 5.84. The number of methoxy groups -OCH3 is 2. The fourth-order valence-electron chi connectivity index (χ4n) is 2.58. The van der Waals surface area contributed by atoms with Gasteiger partial charge in [-0.25, -0.2) is 14.4 Å². The Bertz CT molecular complexity index is 1030. The number of anilines is 1. The lowest BCUT2D eigenvalue weighted by Crippen LogP contribution is -2.15. The van der Waals surface area contributed by atoms with Gasteiger partial charge in [0.1, 0.15) is 17.3 Å². The molecule has 0 fully saturated rings. The molecule has 1 aromatic heterocycles. The summed E-state index contributed by atoms with van der Waals surface area (Å²) in [6.07, 6.45) is 1.43. The van der Waals surface area contributed by atoms with Crippen LogP contribution in [0.15, 0.2) is 42.6 Å². The van der Waals surface area contributed by atoms with E-state index in [1.165, 1.54) is 32.5 Å². The van der Waals surface area contributed by atoms with Crippen molar-refractivity contribution in [1.82, 2.24) is 9.97 Å². The van der Waals surface area contributed by atoms with Crippen molar-refractivity contribution in [1.29, 1.82) is 0 Å². The minimum atomic E-state index is -0.411. The molecule has 8 heteroatoms. The number of benzene rings is 2.